The zero-order valence-electron chi connectivity index (χ0n) is 17.4. The summed E-state index contributed by atoms with van der Waals surface area (Å²) < 4.78 is 41.0. The van der Waals surface area contributed by atoms with E-state index in [0.29, 0.717) is 18.0 Å². The molecule has 1 atom stereocenters. The van der Waals surface area contributed by atoms with Crippen LogP contribution in [0.4, 0.5) is 19.0 Å². The van der Waals surface area contributed by atoms with Crippen LogP contribution in [0.2, 0.25) is 0 Å². The van der Waals surface area contributed by atoms with Gasteiger partial charge in [0, 0.05) is 22.7 Å². The van der Waals surface area contributed by atoms with Crippen molar-refractivity contribution in [1.82, 2.24) is 20.6 Å². The van der Waals surface area contributed by atoms with Gasteiger partial charge in [0.05, 0.1) is 17.7 Å². The van der Waals surface area contributed by atoms with Crippen molar-refractivity contribution >= 4 is 22.3 Å². The van der Waals surface area contributed by atoms with Crippen molar-refractivity contribution in [2.24, 2.45) is 0 Å². The van der Waals surface area contributed by atoms with E-state index in [9.17, 15) is 13.2 Å². The van der Waals surface area contributed by atoms with Gasteiger partial charge in [-0.25, -0.2) is 9.97 Å². The number of aromatic nitrogens is 2. The van der Waals surface area contributed by atoms with Gasteiger partial charge in [0.25, 0.3) is 0 Å². The lowest BCUT2D eigenvalue weighted by atomic mass is 10.0. The number of nitrogens with one attached hydrogen (secondary N) is 3. The van der Waals surface area contributed by atoms with Crippen LogP contribution in [0.5, 0.6) is 0 Å². The lowest BCUT2D eigenvalue weighted by Crippen LogP contribution is -2.45. The number of para-hydroxylation sites is 1. The summed E-state index contributed by atoms with van der Waals surface area (Å²) in [5, 5.41) is 10.6. The SMILES string of the molecule is FC(F)(F)c1ccccc1-c1nc(NC2NCNC=C2c2ccccc2)c2ccccc2n1. The minimum Gasteiger partial charge on any atom is -0.378 e. The smallest absolute Gasteiger partial charge is 0.378 e. The van der Waals surface area contributed by atoms with Crippen molar-refractivity contribution in [3.63, 3.8) is 0 Å². The maximum absolute atomic E-state index is 13.7. The molecule has 1 aromatic heterocycles. The van der Waals surface area contributed by atoms with Crippen LogP contribution in [0.1, 0.15) is 11.1 Å². The van der Waals surface area contributed by atoms with Gasteiger partial charge in [0.1, 0.15) is 12.0 Å². The number of halogens is 3. The van der Waals surface area contributed by atoms with Crippen LogP contribution >= 0.6 is 0 Å². The van der Waals surface area contributed by atoms with E-state index in [0.717, 1.165) is 22.6 Å². The summed E-state index contributed by atoms with van der Waals surface area (Å²) >= 11 is 0. The lowest BCUT2D eigenvalue weighted by molar-refractivity contribution is -0.137. The van der Waals surface area contributed by atoms with E-state index in [1.807, 2.05) is 48.7 Å². The molecule has 3 aromatic carbocycles. The van der Waals surface area contributed by atoms with Gasteiger partial charge in [-0.15, -0.1) is 0 Å². The molecule has 0 fully saturated rings. The molecule has 0 radical (unpaired) electrons. The number of hydrogen-bond acceptors (Lipinski definition) is 5. The Morgan fingerprint density at radius 1 is 0.848 bits per heavy atom. The van der Waals surface area contributed by atoms with E-state index in [1.165, 1.54) is 12.1 Å². The average Bonchev–Trinajstić information content (AvgIpc) is 2.84. The molecule has 0 bridgehead atoms. The van der Waals surface area contributed by atoms with Crippen LogP contribution in [-0.4, -0.2) is 22.8 Å². The molecule has 0 saturated carbocycles. The Bertz CT molecular complexity index is 1320. The second-order valence-corrected chi connectivity index (χ2v) is 7.58. The molecule has 5 nitrogen and oxygen atoms in total. The largest absolute Gasteiger partial charge is 0.417 e. The molecule has 1 unspecified atom stereocenters. The summed E-state index contributed by atoms with van der Waals surface area (Å²) in [5.74, 6) is 0.470. The van der Waals surface area contributed by atoms with Crippen molar-refractivity contribution in [3.8, 4) is 11.4 Å². The Kier molecular flexibility index (Phi) is 5.43. The van der Waals surface area contributed by atoms with Crippen molar-refractivity contribution in [2.45, 2.75) is 12.3 Å². The Labute approximate surface area is 188 Å². The van der Waals surface area contributed by atoms with Gasteiger partial charge >= 0.3 is 6.18 Å². The number of fused-ring (bicyclic) bond motifs is 1. The summed E-state index contributed by atoms with van der Waals surface area (Å²) in [6, 6.07) is 22.5. The van der Waals surface area contributed by atoms with Gasteiger partial charge in [0.2, 0.25) is 0 Å². The fourth-order valence-corrected chi connectivity index (χ4v) is 3.89. The fourth-order valence-electron chi connectivity index (χ4n) is 3.89. The molecule has 1 aliphatic heterocycles. The second-order valence-electron chi connectivity index (χ2n) is 7.58. The highest BCUT2D eigenvalue weighted by Gasteiger charge is 2.34. The van der Waals surface area contributed by atoms with Crippen LogP contribution in [0.25, 0.3) is 27.9 Å². The first-order chi connectivity index (χ1) is 16.0. The molecular formula is C25H20F3N5. The molecule has 1 aliphatic rings. The first-order valence-corrected chi connectivity index (χ1v) is 10.4. The fraction of sp³-hybridized carbons (Fsp3) is 0.120. The second kappa shape index (κ2) is 8.55. The van der Waals surface area contributed by atoms with E-state index in [1.54, 1.807) is 18.2 Å². The Hall–Kier alpha value is -3.91. The summed E-state index contributed by atoms with van der Waals surface area (Å²) in [7, 11) is 0. The van der Waals surface area contributed by atoms with Gasteiger partial charge < -0.3 is 10.6 Å². The summed E-state index contributed by atoms with van der Waals surface area (Å²) in [6.07, 6.45) is -2.90. The minimum absolute atomic E-state index is 0.0169. The molecule has 3 N–H and O–H groups in total. The Morgan fingerprint density at radius 2 is 1.58 bits per heavy atom. The molecule has 0 amide bonds. The van der Waals surface area contributed by atoms with E-state index in [4.69, 9.17) is 0 Å². The van der Waals surface area contributed by atoms with Gasteiger partial charge in [-0.1, -0.05) is 60.7 Å². The van der Waals surface area contributed by atoms with Crippen molar-refractivity contribution in [2.75, 3.05) is 12.0 Å². The number of nitrogens with zero attached hydrogens (tertiary/aromatic N) is 2. The normalized spacial score (nSPS) is 16.2. The van der Waals surface area contributed by atoms with Gasteiger partial charge in [0.15, 0.2) is 5.82 Å². The van der Waals surface area contributed by atoms with Crippen molar-refractivity contribution in [3.05, 3.63) is 96.2 Å². The molecule has 0 spiro atoms. The van der Waals surface area contributed by atoms with E-state index in [2.05, 4.69) is 25.9 Å². The van der Waals surface area contributed by atoms with E-state index < -0.39 is 11.7 Å². The molecule has 33 heavy (non-hydrogen) atoms. The summed E-state index contributed by atoms with van der Waals surface area (Å²) in [6.45, 7) is 0.529. The number of anilines is 1. The zero-order chi connectivity index (χ0) is 22.8. The Morgan fingerprint density at radius 3 is 2.39 bits per heavy atom. The number of hydrogen-bond donors (Lipinski definition) is 3. The zero-order valence-corrected chi connectivity index (χ0v) is 17.4. The highest BCUT2D eigenvalue weighted by atomic mass is 19.4. The molecular weight excluding hydrogens is 427 g/mol. The monoisotopic (exact) mass is 447 g/mol. The predicted octanol–water partition coefficient (Wildman–Crippen LogP) is 5.25. The van der Waals surface area contributed by atoms with Crippen LogP contribution in [0.15, 0.2) is 85.1 Å². The number of benzene rings is 3. The molecule has 8 heteroatoms. The van der Waals surface area contributed by atoms with Gasteiger partial charge in [-0.2, -0.15) is 13.2 Å². The predicted molar refractivity (Wildman–Crippen MR) is 123 cm³/mol. The van der Waals surface area contributed by atoms with Crippen LogP contribution < -0.4 is 16.0 Å². The minimum atomic E-state index is -4.51. The standard InChI is InChI=1S/C25H20F3N5/c26-25(27,28)20-12-6-4-10-17(20)23-31-21-13-7-5-11-18(21)24(33-23)32-22-19(14-29-15-30-22)16-8-2-1-3-9-16/h1-14,22,29-30H,15H2,(H,31,32,33). The first-order valence-electron chi connectivity index (χ1n) is 10.4. The third-order valence-corrected chi connectivity index (χ3v) is 5.44. The summed E-state index contributed by atoms with van der Waals surface area (Å²) in [5.41, 5.74) is 1.70. The third kappa shape index (κ3) is 4.25. The van der Waals surface area contributed by atoms with Crippen molar-refractivity contribution in [1.29, 1.82) is 0 Å². The maximum atomic E-state index is 13.7. The van der Waals surface area contributed by atoms with Gasteiger partial charge in [-0.3, -0.25) is 5.32 Å². The maximum Gasteiger partial charge on any atom is 0.417 e. The molecule has 5 rings (SSSR count). The van der Waals surface area contributed by atoms with Crippen LogP contribution in [0.3, 0.4) is 0 Å². The average molecular weight is 447 g/mol. The highest BCUT2D eigenvalue weighted by molar-refractivity contribution is 5.91. The molecule has 0 saturated heterocycles. The molecule has 166 valence electrons. The highest BCUT2D eigenvalue weighted by Crippen LogP contribution is 2.37. The quantitative estimate of drug-likeness (QED) is 0.399. The van der Waals surface area contributed by atoms with E-state index >= 15 is 0 Å². The van der Waals surface area contributed by atoms with Crippen LogP contribution in [-0.2, 0) is 6.18 Å². The van der Waals surface area contributed by atoms with Crippen LogP contribution in [0, 0.1) is 0 Å². The third-order valence-electron chi connectivity index (χ3n) is 5.44. The lowest BCUT2D eigenvalue weighted by Gasteiger charge is -2.28. The topological polar surface area (TPSA) is 61.9 Å². The van der Waals surface area contributed by atoms with Crippen molar-refractivity contribution < 1.29 is 13.2 Å². The molecule has 0 aliphatic carbocycles. The molecule has 2 heterocycles. The Balaban J connectivity index is 1.61. The summed E-state index contributed by atoms with van der Waals surface area (Å²) in [4.78, 5) is 9.01. The van der Waals surface area contributed by atoms with Gasteiger partial charge in [-0.05, 0) is 23.8 Å². The molecule has 4 aromatic rings. The number of alkyl halides is 3. The van der Waals surface area contributed by atoms with E-state index in [-0.39, 0.29) is 17.6 Å². The first kappa shape index (κ1) is 21.0. The number of rotatable bonds is 4.